The minimum absolute atomic E-state index is 0.101. The molecule has 0 spiro atoms. The number of aromatic hydroxyl groups is 1. The summed E-state index contributed by atoms with van der Waals surface area (Å²) < 4.78 is 5.30. The molecule has 94 valence electrons. The van der Waals surface area contributed by atoms with Crippen LogP contribution in [0.5, 0.6) is 5.75 Å². The fourth-order valence-corrected chi connectivity index (χ4v) is 1.37. The molecule has 0 saturated carbocycles. The largest absolute Gasteiger partial charge is 0.508 e. The van der Waals surface area contributed by atoms with Crippen molar-refractivity contribution < 1.29 is 14.6 Å². The molecule has 0 aromatic heterocycles. The molecule has 0 heterocycles. The van der Waals surface area contributed by atoms with Crippen LogP contribution in [-0.2, 0) is 4.74 Å². The van der Waals surface area contributed by atoms with Crippen molar-refractivity contribution in [2.45, 2.75) is 19.8 Å². The third kappa shape index (κ3) is 5.36. The van der Waals surface area contributed by atoms with Gasteiger partial charge in [0.1, 0.15) is 5.75 Å². The number of hydrogen-bond acceptors (Lipinski definition) is 3. The van der Waals surface area contributed by atoms with Gasteiger partial charge in [0.2, 0.25) is 0 Å². The van der Waals surface area contributed by atoms with Crippen molar-refractivity contribution >= 4 is 5.91 Å². The van der Waals surface area contributed by atoms with E-state index in [-0.39, 0.29) is 11.7 Å². The van der Waals surface area contributed by atoms with Crippen LogP contribution < -0.4 is 5.32 Å². The van der Waals surface area contributed by atoms with Crippen LogP contribution in [0.4, 0.5) is 0 Å². The van der Waals surface area contributed by atoms with Crippen LogP contribution in [0.3, 0.4) is 0 Å². The van der Waals surface area contributed by atoms with E-state index < -0.39 is 0 Å². The van der Waals surface area contributed by atoms with E-state index in [0.29, 0.717) is 18.7 Å². The first-order valence-electron chi connectivity index (χ1n) is 5.89. The normalized spacial score (nSPS) is 10.2. The van der Waals surface area contributed by atoms with Crippen molar-refractivity contribution in [1.29, 1.82) is 0 Å². The number of benzene rings is 1. The first kappa shape index (κ1) is 13.5. The smallest absolute Gasteiger partial charge is 0.251 e. The van der Waals surface area contributed by atoms with Crippen LogP contribution >= 0.6 is 0 Å². The highest BCUT2D eigenvalue weighted by Gasteiger charge is 2.04. The summed E-state index contributed by atoms with van der Waals surface area (Å²) in [7, 11) is 0. The van der Waals surface area contributed by atoms with Gasteiger partial charge in [-0.2, -0.15) is 0 Å². The fraction of sp³-hybridized carbons (Fsp3) is 0.462. The Balaban J connectivity index is 2.21. The van der Waals surface area contributed by atoms with Gasteiger partial charge in [-0.15, -0.1) is 0 Å². The van der Waals surface area contributed by atoms with Crippen LogP contribution in [0.2, 0.25) is 0 Å². The number of phenolic OH excluding ortho intramolecular Hbond substituents is 1. The molecule has 0 aliphatic rings. The van der Waals surface area contributed by atoms with E-state index in [9.17, 15) is 9.90 Å². The molecule has 1 rings (SSSR count). The van der Waals surface area contributed by atoms with Crippen LogP contribution in [0.1, 0.15) is 30.1 Å². The summed E-state index contributed by atoms with van der Waals surface area (Å²) in [4.78, 5) is 11.6. The Morgan fingerprint density at radius 2 is 2.24 bits per heavy atom. The highest BCUT2D eigenvalue weighted by molar-refractivity contribution is 5.94. The zero-order valence-corrected chi connectivity index (χ0v) is 10.1. The van der Waals surface area contributed by atoms with Crippen LogP contribution in [-0.4, -0.2) is 30.8 Å². The number of amides is 1. The van der Waals surface area contributed by atoms with Gasteiger partial charge in [-0.3, -0.25) is 4.79 Å². The molecule has 0 unspecified atom stereocenters. The minimum atomic E-state index is -0.170. The Morgan fingerprint density at radius 3 is 2.94 bits per heavy atom. The Hall–Kier alpha value is -1.55. The lowest BCUT2D eigenvalue weighted by molar-refractivity contribution is 0.0941. The number of carbonyl (C=O) groups excluding carboxylic acids is 1. The van der Waals surface area contributed by atoms with Crippen LogP contribution in [0.15, 0.2) is 24.3 Å². The quantitative estimate of drug-likeness (QED) is 0.712. The minimum Gasteiger partial charge on any atom is -0.508 e. The molecule has 4 nitrogen and oxygen atoms in total. The molecule has 0 aliphatic heterocycles. The first-order chi connectivity index (χ1) is 8.24. The summed E-state index contributed by atoms with van der Waals surface area (Å²) >= 11 is 0. The van der Waals surface area contributed by atoms with Crippen molar-refractivity contribution in [3.8, 4) is 5.75 Å². The van der Waals surface area contributed by atoms with Gasteiger partial charge in [0.25, 0.3) is 5.91 Å². The van der Waals surface area contributed by atoms with Crippen molar-refractivity contribution in [1.82, 2.24) is 5.32 Å². The maximum Gasteiger partial charge on any atom is 0.251 e. The molecule has 0 atom stereocenters. The third-order valence-electron chi connectivity index (χ3n) is 2.21. The van der Waals surface area contributed by atoms with Gasteiger partial charge in [0.15, 0.2) is 0 Å². The van der Waals surface area contributed by atoms with E-state index in [1.807, 2.05) is 0 Å². The SMILES string of the molecule is CCCOCCCNC(=O)c1cccc(O)c1. The summed E-state index contributed by atoms with van der Waals surface area (Å²) in [5.41, 5.74) is 0.472. The first-order valence-corrected chi connectivity index (χ1v) is 5.89. The van der Waals surface area contributed by atoms with E-state index in [1.165, 1.54) is 12.1 Å². The van der Waals surface area contributed by atoms with Gasteiger partial charge in [0, 0.05) is 25.3 Å². The number of rotatable bonds is 7. The molecule has 0 saturated heterocycles. The van der Waals surface area contributed by atoms with Crippen LogP contribution in [0.25, 0.3) is 0 Å². The lowest BCUT2D eigenvalue weighted by Gasteiger charge is -2.06. The average molecular weight is 237 g/mol. The van der Waals surface area contributed by atoms with Gasteiger partial charge < -0.3 is 15.2 Å². The molecule has 0 bridgehead atoms. The molecule has 4 heteroatoms. The molecule has 0 fully saturated rings. The number of carbonyl (C=O) groups is 1. The molecule has 0 aliphatic carbocycles. The Kier molecular flexibility index (Phi) is 6.10. The van der Waals surface area contributed by atoms with Gasteiger partial charge >= 0.3 is 0 Å². The fourth-order valence-electron chi connectivity index (χ4n) is 1.37. The van der Waals surface area contributed by atoms with Crippen molar-refractivity contribution in [3.63, 3.8) is 0 Å². The van der Waals surface area contributed by atoms with Crippen molar-refractivity contribution in [2.75, 3.05) is 19.8 Å². The van der Waals surface area contributed by atoms with Gasteiger partial charge in [-0.05, 0) is 31.0 Å². The zero-order valence-electron chi connectivity index (χ0n) is 10.1. The summed E-state index contributed by atoms with van der Waals surface area (Å²) in [6.45, 7) is 4.07. The maximum absolute atomic E-state index is 11.6. The Morgan fingerprint density at radius 1 is 1.41 bits per heavy atom. The third-order valence-corrected chi connectivity index (χ3v) is 2.21. The van der Waals surface area contributed by atoms with Crippen LogP contribution in [0, 0.1) is 0 Å². The summed E-state index contributed by atoms with van der Waals surface area (Å²) in [5.74, 6) is -0.0691. The second-order valence-corrected chi connectivity index (χ2v) is 3.77. The van der Waals surface area contributed by atoms with Crippen molar-refractivity contribution in [3.05, 3.63) is 29.8 Å². The van der Waals surface area contributed by atoms with E-state index in [0.717, 1.165) is 19.4 Å². The molecule has 1 aromatic carbocycles. The highest BCUT2D eigenvalue weighted by Crippen LogP contribution is 2.10. The lowest BCUT2D eigenvalue weighted by Crippen LogP contribution is -2.25. The highest BCUT2D eigenvalue weighted by atomic mass is 16.5. The summed E-state index contributed by atoms with van der Waals surface area (Å²) in [6.07, 6.45) is 1.81. The number of phenols is 1. The zero-order chi connectivity index (χ0) is 12.5. The number of nitrogens with one attached hydrogen (secondary N) is 1. The average Bonchev–Trinajstić information content (AvgIpc) is 2.33. The van der Waals surface area contributed by atoms with E-state index in [1.54, 1.807) is 12.1 Å². The molecule has 1 aromatic rings. The molecule has 1 amide bonds. The molecule has 17 heavy (non-hydrogen) atoms. The Bertz CT molecular complexity index is 352. The lowest BCUT2D eigenvalue weighted by atomic mass is 10.2. The standard InChI is InChI=1S/C13H19NO3/c1-2-8-17-9-4-7-14-13(16)11-5-3-6-12(15)10-11/h3,5-6,10,15H,2,4,7-9H2,1H3,(H,14,16). The second kappa shape index (κ2) is 7.68. The topological polar surface area (TPSA) is 58.6 Å². The number of ether oxygens (including phenoxy) is 1. The molecule has 0 radical (unpaired) electrons. The van der Waals surface area contributed by atoms with E-state index >= 15 is 0 Å². The Labute approximate surface area is 102 Å². The summed E-state index contributed by atoms with van der Waals surface area (Å²) in [5, 5.41) is 12.0. The van der Waals surface area contributed by atoms with Gasteiger partial charge in [0.05, 0.1) is 0 Å². The van der Waals surface area contributed by atoms with E-state index in [4.69, 9.17) is 4.74 Å². The molecular weight excluding hydrogens is 218 g/mol. The van der Waals surface area contributed by atoms with Gasteiger partial charge in [-0.1, -0.05) is 13.0 Å². The predicted octanol–water partition coefficient (Wildman–Crippen LogP) is 1.94. The predicted molar refractivity (Wildman–Crippen MR) is 66.2 cm³/mol. The van der Waals surface area contributed by atoms with Gasteiger partial charge in [-0.25, -0.2) is 0 Å². The number of hydrogen-bond donors (Lipinski definition) is 2. The van der Waals surface area contributed by atoms with Crippen molar-refractivity contribution in [2.24, 2.45) is 0 Å². The maximum atomic E-state index is 11.6. The molecule has 2 N–H and O–H groups in total. The van der Waals surface area contributed by atoms with E-state index in [2.05, 4.69) is 12.2 Å². The summed E-state index contributed by atoms with van der Waals surface area (Å²) in [6, 6.07) is 6.30. The second-order valence-electron chi connectivity index (χ2n) is 3.77. The molecular formula is C13H19NO3. The monoisotopic (exact) mass is 237 g/mol.